The first-order chi connectivity index (χ1) is 8.72. The molecule has 1 rings (SSSR count). The summed E-state index contributed by atoms with van der Waals surface area (Å²) in [6, 6.07) is 3.30. The summed E-state index contributed by atoms with van der Waals surface area (Å²) in [7, 11) is -4.10. The molecule has 0 amide bonds. The van der Waals surface area contributed by atoms with Gasteiger partial charge in [0, 0.05) is 0 Å². The minimum absolute atomic E-state index is 0. The summed E-state index contributed by atoms with van der Waals surface area (Å²) in [5, 5.41) is 10.5. The molecule has 0 aliphatic heterocycles. The van der Waals surface area contributed by atoms with E-state index in [1.807, 2.05) is 41.5 Å². The molecule has 0 aliphatic carbocycles. The van der Waals surface area contributed by atoms with E-state index in [1.54, 1.807) is 12.1 Å². The van der Waals surface area contributed by atoms with Crippen molar-refractivity contribution >= 4 is 47.9 Å². The normalized spacial score (nSPS) is 12.9. The first-order valence-electron chi connectivity index (χ1n) is 6.54. The van der Waals surface area contributed by atoms with Crippen LogP contribution >= 0.6 is 0 Å². The number of hydrogen-bond donors (Lipinski definition) is 2. The van der Waals surface area contributed by atoms with E-state index in [0.717, 1.165) is 0 Å². The van der Waals surface area contributed by atoms with Crippen molar-refractivity contribution in [2.24, 2.45) is 0 Å². The third kappa shape index (κ3) is 6.06. The van der Waals surface area contributed by atoms with Crippen LogP contribution in [-0.2, 0) is 26.7 Å². The molecule has 0 atom stereocenters. The van der Waals surface area contributed by atoms with Crippen LogP contribution in [0, 0.1) is 0 Å². The molecular weight excluding hydrogens is 316 g/mol. The number of phenols is 1. The Kier molecular flexibility index (Phi) is 6.81. The molecule has 0 unspecified atom stereocenters. The molecular formula is C15H26CaO4S. The fourth-order valence-corrected chi connectivity index (χ4v) is 2.72. The first-order valence-corrected chi connectivity index (χ1v) is 8.15. The van der Waals surface area contributed by atoms with Gasteiger partial charge in [0.1, 0.15) is 11.5 Å². The van der Waals surface area contributed by atoms with Crippen LogP contribution in [0.2, 0.25) is 0 Å². The molecule has 1 aromatic carbocycles. The van der Waals surface area contributed by atoms with Crippen molar-refractivity contribution in [1.82, 2.24) is 0 Å². The molecule has 0 bridgehead atoms. The van der Waals surface area contributed by atoms with Crippen LogP contribution < -0.4 is 0 Å². The average Bonchev–Trinajstić information content (AvgIpc) is 2.14. The van der Waals surface area contributed by atoms with Gasteiger partial charge in [-0.05, 0) is 27.5 Å². The molecule has 0 heterocycles. The summed E-state index contributed by atoms with van der Waals surface area (Å²) in [5.74, 6) is -0.247. The standard InChI is InChI=1S/C15H24O4S.Ca.2H/c1-14(2,3)11-7-10(9-20(17,18)19)8-12(13(11)16)15(4,5)6;;;/h7-8,16H,9H2,1-6H3,(H,17,18,19);;;. The van der Waals surface area contributed by atoms with E-state index in [0.29, 0.717) is 16.7 Å². The molecule has 21 heavy (non-hydrogen) atoms. The molecule has 0 aromatic heterocycles. The van der Waals surface area contributed by atoms with Crippen LogP contribution in [0.25, 0.3) is 0 Å². The Morgan fingerprint density at radius 3 is 1.52 bits per heavy atom. The second-order valence-corrected chi connectivity index (χ2v) is 8.72. The Bertz CT molecular complexity index is 573. The van der Waals surface area contributed by atoms with Gasteiger partial charge in [-0.1, -0.05) is 53.7 Å². The topological polar surface area (TPSA) is 74.6 Å². The zero-order chi connectivity index (χ0) is 15.9. The molecule has 2 N–H and O–H groups in total. The summed E-state index contributed by atoms with van der Waals surface area (Å²) >= 11 is 0. The van der Waals surface area contributed by atoms with Gasteiger partial charge in [-0.25, -0.2) is 0 Å². The number of hydrogen-bond acceptors (Lipinski definition) is 3. The molecule has 4 nitrogen and oxygen atoms in total. The Morgan fingerprint density at radius 2 is 1.29 bits per heavy atom. The summed E-state index contributed by atoms with van der Waals surface area (Å²) in [6.07, 6.45) is 0. The van der Waals surface area contributed by atoms with Gasteiger partial charge in [-0.15, -0.1) is 0 Å². The molecule has 6 heteroatoms. The summed E-state index contributed by atoms with van der Waals surface area (Å²) < 4.78 is 31.2. The van der Waals surface area contributed by atoms with Crippen LogP contribution in [0.1, 0.15) is 58.2 Å². The SMILES string of the molecule is CC(C)(C)c1cc(CS(=O)(=O)O)cc(C(C)(C)C)c1O.[CaH2]. The molecule has 0 spiro atoms. The third-order valence-electron chi connectivity index (χ3n) is 3.13. The predicted octanol–water partition coefficient (Wildman–Crippen LogP) is 2.46. The van der Waals surface area contributed by atoms with Gasteiger partial charge in [-0.3, -0.25) is 4.55 Å². The fourth-order valence-electron chi connectivity index (χ4n) is 2.13. The van der Waals surface area contributed by atoms with Crippen LogP contribution in [0.3, 0.4) is 0 Å². The number of rotatable bonds is 2. The van der Waals surface area contributed by atoms with Crippen molar-refractivity contribution in [3.05, 3.63) is 28.8 Å². The van der Waals surface area contributed by atoms with Crippen molar-refractivity contribution < 1.29 is 18.1 Å². The quantitative estimate of drug-likeness (QED) is 0.639. The fraction of sp³-hybridized carbons (Fsp3) is 0.600. The summed E-state index contributed by atoms with van der Waals surface area (Å²) in [5.41, 5.74) is 1.21. The van der Waals surface area contributed by atoms with E-state index in [1.165, 1.54) is 0 Å². The van der Waals surface area contributed by atoms with Crippen molar-refractivity contribution in [2.45, 2.75) is 58.1 Å². The van der Waals surface area contributed by atoms with Crippen LogP contribution in [0.4, 0.5) is 0 Å². The minimum atomic E-state index is -4.10. The zero-order valence-corrected chi connectivity index (χ0v) is 13.8. The second kappa shape index (κ2) is 6.75. The van der Waals surface area contributed by atoms with Crippen LogP contribution in [-0.4, -0.2) is 55.8 Å². The molecule has 0 aliphatic rings. The molecule has 0 fully saturated rings. The Labute approximate surface area is 157 Å². The van der Waals surface area contributed by atoms with Gasteiger partial charge in [-0.2, -0.15) is 8.42 Å². The van der Waals surface area contributed by atoms with Crippen molar-refractivity contribution in [2.75, 3.05) is 0 Å². The Hall–Kier alpha value is 0.190. The maximum atomic E-state index is 11.1. The average molecular weight is 343 g/mol. The van der Waals surface area contributed by atoms with E-state index in [9.17, 15) is 13.5 Å². The van der Waals surface area contributed by atoms with E-state index >= 15 is 0 Å². The molecule has 0 saturated carbocycles. The van der Waals surface area contributed by atoms with E-state index < -0.39 is 15.9 Å². The van der Waals surface area contributed by atoms with Crippen molar-refractivity contribution in [3.63, 3.8) is 0 Å². The first kappa shape index (κ1) is 21.2. The molecule has 118 valence electrons. The van der Waals surface area contributed by atoms with Crippen LogP contribution in [0.15, 0.2) is 12.1 Å². The van der Waals surface area contributed by atoms with Gasteiger partial charge in [0.25, 0.3) is 10.1 Å². The maximum absolute atomic E-state index is 11.1. The van der Waals surface area contributed by atoms with E-state index in [-0.39, 0.29) is 54.3 Å². The number of benzene rings is 1. The van der Waals surface area contributed by atoms with Gasteiger partial charge >= 0.3 is 37.7 Å². The Morgan fingerprint density at radius 1 is 0.952 bits per heavy atom. The third-order valence-corrected chi connectivity index (χ3v) is 3.83. The summed E-state index contributed by atoms with van der Waals surface area (Å²) in [4.78, 5) is 0. The molecule has 1 aromatic rings. The molecule has 0 saturated heterocycles. The van der Waals surface area contributed by atoms with Crippen molar-refractivity contribution in [3.8, 4) is 5.75 Å². The zero-order valence-electron chi connectivity index (χ0n) is 13.0. The monoisotopic (exact) mass is 342 g/mol. The van der Waals surface area contributed by atoms with Crippen LogP contribution in [0.5, 0.6) is 5.75 Å². The second-order valence-electron chi connectivity index (χ2n) is 7.27. The van der Waals surface area contributed by atoms with E-state index in [4.69, 9.17) is 4.55 Å². The van der Waals surface area contributed by atoms with Gasteiger partial charge < -0.3 is 5.11 Å². The number of phenolic OH excluding ortho intramolecular Hbond substituents is 1. The van der Waals surface area contributed by atoms with Gasteiger partial charge in [0.2, 0.25) is 0 Å². The number of aromatic hydroxyl groups is 1. The molecule has 0 radical (unpaired) electrons. The van der Waals surface area contributed by atoms with Crippen molar-refractivity contribution in [1.29, 1.82) is 0 Å². The summed E-state index contributed by atoms with van der Waals surface area (Å²) in [6.45, 7) is 11.7. The van der Waals surface area contributed by atoms with Gasteiger partial charge in [0.05, 0.1) is 0 Å². The predicted molar refractivity (Wildman–Crippen MR) is 89.3 cm³/mol. The van der Waals surface area contributed by atoms with Gasteiger partial charge in [0.15, 0.2) is 0 Å². The van der Waals surface area contributed by atoms with E-state index in [2.05, 4.69) is 0 Å². The Balaban J connectivity index is 0.00000400.